The fourth-order valence-corrected chi connectivity index (χ4v) is 5.12. The highest BCUT2D eigenvalue weighted by Crippen LogP contribution is 2.13. The van der Waals surface area contributed by atoms with Gasteiger partial charge in [0.15, 0.2) is 6.04 Å². The molecule has 18 N–H and O–H groups in total. The van der Waals surface area contributed by atoms with Gasteiger partial charge < -0.3 is 84.4 Å². The number of hydrogen-bond acceptors (Lipinski definition) is 16. The van der Waals surface area contributed by atoms with Crippen molar-refractivity contribution in [2.45, 2.75) is 120 Å². The first-order valence-corrected chi connectivity index (χ1v) is 18.3. The molecule has 60 heavy (non-hydrogen) atoms. The number of benzene rings is 1. The summed E-state index contributed by atoms with van der Waals surface area (Å²) in [7, 11) is 0. The molecule has 0 saturated carbocycles. The third-order valence-electron chi connectivity index (χ3n) is 8.51. The van der Waals surface area contributed by atoms with Gasteiger partial charge in [0.1, 0.15) is 42.0 Å². The number of phenols is 1. The van der Waals surface area contributed by atoms with E-state index in [2.05, 4.69) is 37.2 Å². The first-order valence-electron chi connectivity index (χ1n) is 18.3. The second-order valence-corrected chi connectivity index (χ2v) is 13.9. The van der Waals surface area contributed by atoms with Crippen LogP contribution in [0.25, 0.3) is 0 Å². The highest BCUT2D eigenvalue weighted by molar-refractivity contribution is 5.99. The molecule has 0 aromatic heterocycles. The zero-order valence-electron chi connectivity index (χ0n) is 33.3. The van der Waals surface area contributed by atoms with Crippen LogP contribution in [-0.2, 0) is 49.6 Å². The molecule has 0 saturated heterocycles. The van der Waals surface area contributed by atoms with Crippen molar-refractivity contribution in [3.8, 4) is 5.75 Å². The Balaban J connectivity index is 3.33. The monoisotopic (exact) mass is 857 g/mol. The second-order valence-electron chi connectivity index (χ2n) is 13.9. The number of nitrogens with one attached hydrogen (secondary N) is 7. The number of nitrogens with two attached hydrogens (primary N) is 2. The number of aromatic hydroxyl groups is 1. The topological polar surface area (TPSA) is 431 Å². The van der Waals surface area contributed by atoms with Gasteiger partial charge in [-0.15, -0.1) is 0 Å². The van der Waals surface area contributed by atoms with Gasteiger partial charge in [0.2, 0.25) is 47.3 Å². The third-order valence-corrected chi connectivity index (χ3v) is 8.51. The van der Waals surface area contributed by atoms with E-state index in [4.69, 9.17) is 11.5 Å². The molecule has 1 rings (SSSR count). The largest absolute Gasteiger partial charge is 0.508 e. The van der Waals surface area contributed by atoms with Gasteiger partial charge in [-0.05, 0) is 52.3 Å². The van der Waals surface area contributed by atoms with Crippen LogP contribution in [0.1, 0.15) is 46.6 Å². The molecular weight excluding hydrogens is 802 g/mol. The first kappa shape index (κ1) is 52.0. The average molecular weight is 858 g/mol. The molecule has 25 nitrogen and oxygen atoms in total. The lowest BCUT2D eigenvalue weighted by atomic mass is 10.0. The van der Waals surface area contributed by atoms with Crippen molar-refractivity contribution in [2.75, 3.05) is 6.61 Å². The fraction of sp³-hybridized carbons (Fsp3) is 0.571. The number of carbonyl (C=O) groups is 9. The minimum atomic E-state index is -2.00. The minimum Gasteiger partial charge on any atom is -0.508 e. The molecule has 336 valence electrons. The molecule has 0 aliphatic rings. The molecule has 1 aromatic carbocycles. The van der Waals surface area contributed by atoms with Crippen LogP contribution in [0, 0.1) is 0 Å². The van der Waals surface area contributed by atoms with Gasteiger partial charge in [0.25, 0.3) is 0 Å². The zero-order chi connectivity index (χ0) is 46.2. The molecule has 0 bridgehead atoms. The van der Waals surface area contributed by atoms with Gasteiger partial charge in [-0.2, -0.15) is 0 Å². The van der Waals surface area contributed by atoms with Crippen LogP contribution in [0.15, 0.2) is 24.3 Å². The number of phenolic OH excluding ortho intramolecular Hbond substituents is 1. The number of primary amides is 1. The van der Waals surface area contributed by atoms with E-state index >= 15 is 0 Å². The molecular formula is C35H55N9O16. The van der Waals surface area contributed by atoms with Crippen LogP contribution in [0.2, 0.25) is 0 Å². The molecule has 0 spiro atoms. The predicted octanol–water partition coefficient (Wildman–Crippen LogP) is -7.85. The maximum absolute atomic E-state index is 13.6. The molecule has 0 aliphatic carbocycles. The zero-order valence-corrected chi connectivity index (χ0v) is 33.3. The van der Waals surface area contributed by atoms with Crippen LogP contribution < -0.4 is 48.7 Å². The molecule has 0 fully saturated rings. The highest BCUT2D eigenvalue weighted by atomic mass is 16.4. The Labute approximate surface area is 343 Å². The van der Waals surface area contributed by atoms with E-state index in [-0.39, 0.29) is 12.2 Å². The number of amides is 8. The van der Waals surface area contributed by atoms with E-state index in [1.807, 2.05) is 0 Å². The number of carboxylic acids is 1. The summed E-state index contributed by atoms with van der Waals surface area (Å²) >= 11 is 0. The van der Waals surface area contributed by atoms with Crippen LogP contribution in [0.3, 0.4) is 0 Å². The van der Waals surface area contributed by atoms with E-state index in [0.717, 1.165) is 27.7 Å². The smallest absolute Gasteiger partial charge is 0.328 e. The van der Waals surface area contributed by atoms with E-state index in [9.17, 15) is 78.9 Å². The Morgan fingerprint density at radius 1 is 0.533 bits per heavy atom. The molecule has 0 radical (unpaired) electrons. The Kier molecular flexibility index (Phi) is 21.0. The Hall–Kier alpha value is -5.99. The molecule has 11 unspecified atom stereocenters. The van der Waals surface area contributed by atoms with Crippen molar-refractivity contribution < 1.29 is 78.9 Å². The average Bonchev–Trinajstić information content (AvgIpc) is 3.14. The number of aliphatic carboxylic acids is 1. The lowest BCUT2D eigenvalue weighted by molar-refractivity contribution is -0.145. The van der Waals surface area contributed by atoms with Crippen LogP contribution in [0.5, 0.6) is 5.75 Å². The first-order chi connectivity index (χ1) is 27.8. The molecule has 25 heteroatoms. The summed E-state index contributed by atoms with van der Waals surface area (Å²) in [5.74, 6) is -11.3. The van der Waals surface area contributed by atoms with Crippen LogP contribution in [-0.4, -0.2) is 168 Å². The van der Waals surface area contributed by atoms with Gasteiger partial charge in [0, 0.05) is 6.42 Å². The van der Waals surface area contributed by atoms with Crippen molar-refractivity contribution in [1.82, 2.24) is 37.2 Å². The predicted molar refractivity (Wildman–Crippen MR) is 204 cm³/mol. The normalized spacial score (nSPS) is 17.1. The van der Waals surface area contributed by atoms with Crippen molar-refractivity contribution >= 4 is 53.2 Å². The summed E-state index contributed by atoms with van der Waals surface area (Å²) in [5.41, 5.74) is 11.1. The maximum Gasteiger partial charge on any atom is 0.328 e. The summed E-state index contributed by atoms with van der Waals surface area (Å²) in [4.78, 5) is 115. The summed E-state index contributed by atoms with van der Waals surface area (Å²) in [6, 6.07) is -8.69. The SMILES string of the molecule is CC(O)C(NC(=O)C(Cc1ccc(O)cc1)NC(=O)C(CC(N)=O)NC(=O)C(NC(=O)C(NC(=O)C(NC(=O)C(CO)NC(=O)[C@@H](C)N)C(C)O)C(C)O)C(C)O)C(=O)O. The van der Waals surface area contributed by atoms with Crippen LogP contribution in [0.4, 0.5) is 0 Å². The number of rotatable bonds is 24. The van der Waals surface area contributed by atoms with E-state index in [0.29, 0.717) is 5.56 Å². The highest BCUT2D eigenvalue weighted by Gasteiger charge is 2.38. The van der Waals surface area contributed by atoms with Crippen molar-refractivity contribution in [3.05, 3.63) is 29.8 Å². The minimum absolute atomic E-state index is 0.152. The number of aliphatic hydroxyl groups excluding tert-OH is 5. The maximum atomic E-state index is 13.6. The van der Waals surface area contributed by atoms with Crippen molar-refractivity contribution in [1.29, 1.82) is 0 Å². The Morgan fingerprint density at radius 2 is 0.883 bits per heavy atom. The van der Waals surface area contributed by atoms with Gasteiger partial charge in [0.05, 0.1) is 43.5 Å². The van der Waals surface area contributed by atoms with Gasteiger partial charge in [-0.25, -0.2) is 4.79 Å². The number of aliphatic hydroxyl groups is 5. The number of carboxylic acid groups (broad SMARTS) is 1. The quantitative estimate of drug-likeness (QED) is 0.0459. The number of carbonyl (C=O) groups excluding carboxylic acids is 8. The van der Waals surface area contributed by atoms with Gasteiger partial charge in [-0.3, -0.25) is 38.4 Å². The Morgan fingerprint density at radius 3 is 1.27 bits per heavy atom. The van der Waals surface area contributed by atoms with E-state index in [1.165, 1.54) is 31.2 Å². The van der Waals surface area contributed by atoms with Crippen molar-refractivity contribution in [3.63, 3.8) is 0 Å². The van der Waals surface area contributed by atoms with Crippen molar-refractivity contribution in [2.24, 2.45) is 11.5 Å². The lowest BCUT2D eigenvalue weighted by Gasteiger charge is -2.29. The van der Waals surface area contributed by atoms with E-state index < -0.39 is 139 Å². The summed E-state index contributed by atoms with van der Waals surface area (Å²) < 4.78 is 0. The fourth-order valence-electron chi connectivity index (χ4n) is 5.12. The molecule has 0 heterocycles. The molecule has 8 amide bonds. The molecule has 1 aromatic rings. The number of hydrogen-bond donors (Lipinski definition) is 16. The second kappa shape index (κ2) is 24.2. The summed E-state index contributed by atoms with van der Waals surface area (Å²) in [6.07, 6.45) is -8.10. The van der Waals surface area contributed by atoms with E-state index in [1.54, 1.807) is 0 Å². The summed E-state index contributed by atoms with van der Waals surface area (Å²) in [5, 5.41) is 84.5. The third kappa shape index (κ3) is 16.7. The molecule has 12 atom stereocenters. The Bertz CT molecular complexity index is 1690. The van der Waals surface area contributed by atoms with Crippen LogP contribution >= 0.6 is 0 Å². The molecule has 0 aliphatic heterocycles. The summed E-state index contributed by atoms with van der Waals surface area (Å²) in [6.45, 7) is 4.53. The van der Waals surface area contributed by atoms with Gasteiger partial charge >= 0.3 is 5.97 Å². The standard InChI is InChI=1S/C35H55N9O16/c1-13(36)28(52)40-22(12-45)31(55)41-25(15(3)47)33(57)43-26(16(4)48)34(58)42-24(14(2)46)32(56)39-21(11-23(37)51)29(53)38-20(10-18-6-8-19(50)9-7-18)30(54)44-27(17(5)49)35(59)60/h6-9,13-17,20-22,24-27,45-50H,10-12,36H2,1-5H3,(H2,37,51)(H,38,53)(H,39,56)(H,40,52)(H,41,55)(H,42,58)(H,43,57)(H,44,54)(H,59,60)/t13-,14?,15?,16?,17?,20?,21?,22?,24?,25?,26?,27?/m1/s1. The van der Waals surface area contributed by atoms with Gasteiger partial charge in [-0.1, -0.05) is 12.1 Å². The lowest BCUT2D eigenvalue weighted by Crippen LogP contribution is -2.64.